The molecule has 1 aromatic heterocycles. The second-order valence-electron chi connectivity index (χ2n) is 10.4. The van der Waals surface area contributed by atoms with Crippen LogP contribution in [0, 0.1) is 0 Å². The largest absolute Gasteiger partial charge is 0.463 e. The Morgan fingerprint density at radius 2 is 1.55 bits per heavy atom. The Morgan fingerprint density at radius 3 is 2.18 bits per heavy atom. The Labute approximate surface area is 262 Å². The molecule has 0 amide bonds. The molecule has 5 nitrogen and oxygen atoms in total. The van der Waals surface area contributed by atoms with E-state index in [4.69, 9.17) is 9.73 Å². The van der Waals surface area contributed by atoms with Gasteiger partial charge in [-0.15, -0.1) is 11.8 Å². The number of nitrogens with zero attached hydrogens (tertiary/aromatic N) is 2. The van der Waals surface area contributed by atoms with Crippen molar-refractivity contribution in [2.45, 2.75) is 17.9 Å². The summed E-state index contributed by atoms with van der Waals surface area (Å²) in [5.41, 5.74) is 3.27. The lowest BCUT2D eigenvalue weighted by atomic mass is 9.93. The van der Waals surface area contributed by atoms with E-state index >= 15 is 0 Å². The highest BCUT2D eigenvalue weighted by molar-refractivity contribution is 7.98. The van der Waals surface area contributed by atoms with Gasteiger partial charge >= 0.3 is 5.97 Å². The summed E-state index contributed by atoms with van der Waals surface area (Å²) in [5.74, 6) is -0.483. The number of fused-ring (bicyclic) bond motifs is 3. The number of ether oxygens (including phenoxy) is 1. The van der Waals surface area contributed by atoms with Gasteiger partial charge < -0.3 is 4.74 Å². The zero-order chi connectivity index (χ0) is 30.2. The zero-order valence-corrected chi connectivity index (χ0v) is 25.8. The van der Waals surface area contributed by atoms with Crippen LogP contribution in [0.4, 0.5) is 0 Å². The molecule has 1 aliphatic rings. The van der Waals surface area contributed by atoms with Crippen molar-refractivity contribution in [2.24, 2.45) is 4.99 Å². The molecule has 44 heavy (non-hydrogen) atoms. The molecule has 1 atom stereocenters. The molecule has 1 aliphatic heterocycles. The molecule has 0 unspecified atom stereocenters. The molecule has 216 valence electrons. The molecule has 0 aliphatic carbocycles. The number of benzene rings is 5. The van der Waals surface area contributed by atoms with Gasteiger partial charge in [0, 0.05) is 10.5 Å². The van der Waals surface area contributed by atoms with Gasteiger partial charge in [-0.1, -0.05) is 102 Å². The molecular weight excluding hydrogens is 585 g/mol. The van der Waals surface area contributed by atoms with Crippen molar-refractivity contribution >= 4 is 62.4 Å². The van der Waals surface area contributed by atoms with Crippen LogP contribution in [0.5, 0.6) is 0 Å². The molecule has 6 aromatic rings. The van der Waals surface area contributed by atoms with E-state index in [2.05, 4.69) is 30.3 Å². The van der Waals surface area contributed by atoms with Crippen molar-refractivity contribution in [1.29, 1.82) is 0 Å². The smallest absolute Gasteiger partial charge is 0.338 e. The first-order valence-electron chi connectivity index (χ1n) is 14.4. The predicted molar refractivity (Wildman–Crippen MR) is 181 cm³/mol. The van der Waals surface area contributed by atoms with Gasteiger partial charge in [0.15, 0.2) is 4.80 Å². The third-order valence-electron chi connectivity index (χ3n) is 7.89. The van der Waals surface area contributed by atoms with E-state index in [-0.39, 0.29) is 12.2 Å². The number of rotatable bonds is 6. The summed E-state index contributed by atoms with van der Waals surface area (Å²) < 4.78 is 7.82. The molecular formula is C37H28N2O3S2. The van der Waals surface area contributed by atoms with E-state index < -0.39 is 12.0 Å². The van der Waals surface area contributed by atoms with E-state index in [0.717, 1.165) is 43.1 Å². The van der Waals surface area contributed by atoms with Gasteiger partial charge in [-0.2, -0.15) is 0 Å². The van der Waals surface area contributed by atoms with E-state index in [0.29, 0.717) is 20.6 Å². The maximum atomic E-state index is 14.5. The molecule has 0 bridgehead atoms. The number of aromatic nitrogens is 1. The monoisotopic (exact) mass is 612 g/mol. The quantitative estimate of drug-likeness (QED) is 0.116. The lowest BCUT2D eigenvalue weighted by Gasteiger charge is -2.26. The third kappa shape index (κ3) is 4.88. The molecule has 0 saturated heterocycles. The van der Waals surface area contributed by atoms with Crippen molar-refractivity contribution in [2.75, 3.05) is 12.9 Å². The highest BCUT2D eigenvalue weighted by Gasteiger charge is 2.35. The van der Waals surface area contributed by atoms with E-state index in [1.807, 2.05) is 91.2 Å². The summed E-state index contributed by atoms with van der Waals surface area (Å²) in [6, 6.07) is 35.6. The van der Waals surface area contributed by atoms with Gasteiger partial charge in [0.2, 0.25) is 0 Å². The van der Waals surface area contributed by atoms with Crippen LogP contribution in [0.1, 0.15) is 29.7 Å². The lowest BCUT2D eigenvalue weighted by Crippen LogP contribution is -2.40. The first-order chi connectivity index (χ1) is 21.6. The van der Waals surface area contributed by atoms with Gasteiger partial charge in [0.05, 0.1) is 28.5 Å². The fourth-order valence-electron chi connectivity index (χ4n) is 5.88. The normalized spacial score (nSPS) is 15.0. The van der Waals surface area contributed by atoms with Crippen molar-refractivity contribution in [3.63, 3.8) is 0 Å². The first kappa shape index (κ1) is 28.1. The number of thioether (sulfide) groups is 1. The van der Waals surface area contributed by atoms with E-state index in [1.54, 1.807) is 23.3 Å². The van der Waals surface area contributed by atoms with Gasteiger partial charge in [-0.3, -0.25) is 9.36 Å². The summed E-state index contributed by atoms with van der Waals surface area (Å²) in [6.45, 7) is 1.99. The van der Waals surface area contributed by atoms with Crippen LogP contribution in [0.3, 0.4) is 0 Å². The standard InChI is InChI=1S/C37H28N2O3S2/c1-3-42-36(41)32-33(23-11-5-4-6-12-23)38-37-39(34(32)24-17-19-27(43-2)20-18-24)35(40)31(44-37)22-30-28-15-9-7-13-25(28)21-26-14-8-10-16-29(26)30/h4-22,34H,3H2,1-2H3/b31-22-/t34-/m1/s1. The predicted octanol–water partition coefficient (Wildman–Crippen LogP) is 6.96. The topological polar surface area (TPSA) is 60.7 Å². The Kier molecular flexibility index (Phi) is 7.50. The van der Waals surface area contributed by atoms with Gasteiger partial charge in [-0.25, -0.2) is 9.79 Å². The molecule has 0 spiro atoms. The first-order valence-corrected chi connectivity index (χ1v) is 16.4. The summed E-state index contributed by atoms with van der Waals surface area (Å²) in [4.78, 5) is 34.8. The fraction of sp³-hybridized carbons (Fsp3) is 0.108. The van der Waals surface area contributed by atoms with E-state index in [9.17, 15) is 9.59 Å². The molecule has 7 heteroatoms. The van der Waals surface area contributed by atoms with Crippen LogP contribution < -0.4 is 14.9 Å². The van der Waals surface area contributed by atoms with Gasteiger partial charge in [0.1, 0.15) is 0 Å². The zero-order valence-electron chi connectivity index (χ0n) is 24.2. The molecule has 0 N–H and O–H groups in total. The minimum absolute atomic E-state index is 0.196. The van der Waals surface area contributed by atoms with Gasteiger partial charge in [0.25, 0.3) is 5.56 Å². The summed E-state index contributed by atoms with van der Waals surface area (Å²) in [5, 5.41) is 4.35. The molecule has 5 aromatic carbocycles. The maximum Gasteiger partial charge on any atom is 0.338 e. The Balaban J connectivity index is 1.55. The lowest BCUT2D eigenvalue weighted by molar-refractivity contribution is -0.138. The van der Waals surface area contributed by atoms with Crippen LogP contribution in [0.15, 0.2) is 129 Å². The Hall–Kier alpha value is -4.72. The highest BCUT2D eigenvalue weighted by Crippen LogP contribution is 2.36. The average molecular weight is 613 g/mol. The van der Waals surface area contributed by atoms with Crippen LogP contribution in [-0.4, -0.2) is 23.4 Å². The SMILES string of the molecule is CCOC(=O)C1=C(c2ccccc2)N=c2s/c(=C\c3c4ccccc4cc4ccccc34)c(=O)n2[C@@H]1c1ccc(SC)cc1. The maximum absolute atomic E-state index is 14.5. The minimum Gasteiger partial charge on any atom is -0.463 e. The van der Waals surface area contributed by atoms with Crippen molar-refractivity contribution in [3.05, 3.63) is 151 Å². The Morgan fingerprint density at radius 1 is 0.909 bits per heavy atom. The molecule has 0 fully saturated rings. The van der Waals surface area contributed by atoms with Crippen LogP contribution >= 0.6 is 23.1 Å². The van der Waals surface area contributed by atoms with Gasteiger partial charge in [-0.05, 0) is 70.1 Å². The highest BCUT2D eigenvalue weighted by atomic mass is 32.2. The number of carbonyl (C=O) groups excluding carboxylic acids is 1. The molecule has 2 heterocycles. The molecule has 0 radical (unpaired) electrons. The number of hydrogen-bond acceptors (Lipinski definition) is 6. The minimum atomic E-state index is -0.706. The van der Waals surface area contributed by atoms with E-state index in [1.165, 1.54) is 11.3 Å². The summed E-state index contributed by atoms with van der Waals surface area (Å²) in [6.07, 6.45) is 4.01. The van der Waals surface area contributed by atoms with Crippen LogP contribution in [0.25, 0.3) is 33.3 Å². The molecule has 7 rings (SSSR count). The number of carbonyl (C=O) groups is 1. The van der Waals surface area contributed by atoms with Crippen LogP contribution in [-0.2, 0) is 9.53 Å². The third-order valence-corrected chi connectivity index (χ3v) is 9.62. The number of thiazole rings is 1. The van der Waals surface area contributed by atoms with Crippen molar-refractivity contribution < 1.29 is 9.53 Å². The number of hydrogen-bond donors (Lipinski definition) is 0. The average Bonchev–Trinajstić information content (AvgIpc) is 3.38. The second-order valence-corrected chi connectivity index (χ2v) is 12.3. The van der Waals surface area contributed by atoms with Crippen LogP contribution in [0.2, 0.25) is 0 Å². The Bertz CT molecular complexity index is 2210. The molecule has 0 saturated carbocycles. The second kappa shape index (κ2) is 11.8. The summed E-state index contributed by atoms with van der Waals surface area (Å²) in [7, 11) is 0. The van der Waals surface area contributed by atoms with Crippen molar-refractivity contribution in [3.8, 4) is 0 Å². The fourth-order valence-corrected chi connectivity index (χ4v) is 7.27. The summed E-state index contributed by atoms with van der Waals surface area (Å²) >= 11 is 2.98. The number of esters is 1. The van der Waals surface area contributed by atoms with Crippen molar-refractivity contribution in [1.82, 2.24) is 4.57 Å².